The van der Waals surface area contributed by atoms with E-state index in [1.807, 2.05) is 0 Å². The minimum atomic E-state index is -4.29. The number of nitrogens with zero attached hydrogens (tertiary/aromatic N) is 1. The van der Waals surface area contributed by atoms with Gasteiger partial charge < -0.3 is 5.73 Å². The molecule has 158 valence electrons. The fraction of sp³-hybridized carbons (Fsp3) is 0. The molecule has 31 heavy (non-hydrogen) atoms. The van der Waals surface area contributed by atoms with Gasteiger partial charge in [0.05, 0.1) is 21.8 Å². The van der Waals surface area contributed by atoms with Gasteiger partial charge in [-0.15, -0.1) is 0 Å². The van der Waals surface area contributed by atoms with Crippen LogP contribution in [0.15, 0.2) is 65.6 Å². The quantitative estimate of drug-likeness (QED) is 0.383. The van der Waals surface area contributed by atoms with Gasteiger partial charge in [-0.1, -0.05) is 29.3 Å². The maximum atomic E-state index is 15.2. The highest BCUT2D eigenvalue weighted by atomic mass is 35.5. The van der Waals surface area contributed by atoms with Crippen LogP contribution in [0.4, 0.5) is 20.3 Å². The van der Waals surface area contributed by atoms with Crippen LogP contribution in [0.5, 0.6) is 0 Å². The minimum Gasteiger partial charge on any atom is -0.384 e. The zero-order chi connectivity index (χ0) is 22.3. The van der Waals surface area contributed by atoms with Crippen LogP contribution in [0.1, 0.15) is 0 Å². The Kier molecular flexibility index (Phi) is 5.47. The molecule has 10 heteroatoms. The molecule has 0 radical (unpaired) electrons. The number of hydrogen-bond donors (Lipinski definition) is 2. The summed E-state index contributed by atoms with van der Waals surface area (Å²) in [4.78, 5) is 3.81. The van der Waals surface area contributed by atoms with Crippen molar-refractivity contribution in [2.75, 3.05) is 10.5 Å². The normalized spacial score (nSPS) is 11.6. The molecule has 0 bridgehead atoms. The summed E-state index contributed by atoms with van der Waals surface area (Å²) in [5.41, 5.74) is 5.58. The van der Waals surface area contributed by atoms with E-state index in [9.17, 15) is 12.8 Å². The zero-order valence-electron chi connectivity index (χ0n) is 15.5. The highest BCUT2D eigenvalue weighted by Crippen LogP contribution is 2.34. The number of benzene rings is 3. The standard InChI is InChI=1S/C21H13Cl2F2N3O2S/c22-13-3-4-14(23)18(10-13)31(29,30)28-17-7-5-15(24)20(21(17)25)12-1-6-16-11(9-12)2-8-19(26)27-16/h1-10,28H,(H2,26,27). The fourth-order valence-electron chi connectivity index (χ4n) is 3.08. The summed E-state index contributed by atoms with van der Waals surface area (Å²) in [5.74, 6) is -1.62. The Morgan fingerprint density at radius 1 is 0.935 bits per heavy atom. The molecule has 0 spiro atoms. The molecule has 0 atom stereocenters. The van der Waals surface area contributed by atoms with Crippen LogP contribution in [0, 0.1) is 11.6 Å². The maximum Gasteiger partial charge on any atom is 0.263 e. The molecule has 4 rings (SSSR count). The summed E-state index contributed by atoms with van der Waals surface area (Å²) in [6.07, 6.45) is 0. The van der Waals surface area contributed by atoms with Gasteiger partial charge in [0.15, 0.2) is 5.82 Å². The number of halogens is 4. The van der Waals surface area contributed by atoms with E-state index in [4.69, 9.17) is 28.9 Å². The van der Waals surface area contributed by atoms with Crippen molar-refractivity contribution in [2.24, 2.45) is 0 Å². The van der Waals surface area contributed by atoms with Crippen molar-refractivity contribution in [1.29, 1.82) is 0 Å². The lowest BCUT2D eigenvalue weighted by atomic mass is 10.0. The Balaban J connectivity index is 1.80. The summed E-state index contributed by atoms with van der Waals surface area (Å²) >= 11 is 11.8. The first-order valence-corrected chi connectivity index (χ1v) is 11.0. The van der Waals surface area contributed by atoms with Gasteiger partial charge in [-0.3, -0.25) is 4.72 Å². The van der Waals surface area contributed by atoms with Crippen molar-refractivity contribution in [1.82, 2.24) is 4.98 Å². The van der Waals surface area contributed by atoms with Gasteiger partial charge in [0, 0.05) is 10.4 Å². The van der Waals surface area contributed by atoms with Gasteiger partial charge in [-0.25, -0.2) is 22.2 Å². The number of rotatable bonds is 4. The third kappa shape index (κ3) is 4.14. The van der Waals surface area contributed by atoms with E-state index in [0.717, 1.165) is 18.2 Å². The smallest absolute Gasteiger partial charge is 0.263 e. The molecule has 0 unspecified atom stereocenters. The first kappa shape index (κ1) is 21.3. The SMILES string of the molecule is Nc1ccc2cc(-c3c(F)ccc(NS(=O)(=O)c4cc(Cl)ccc4Cl)c3F)ccc2n1. The van der Waals surface area contributed by atoms with Crippen LogP contribution >= 0.6 is 23.2 Å². The van der Waals surface area contributed by atoms with Crippen LogP contribution < -0.4 is 10.5 Å². The monoisotopic (exact) mass is 479 g/mol. The molecule has 0 aliphatic carbocycles. The number of nitrogens with one attached hydrogen (secondary N) is 1. The van der Waals surface area contributed by atoms with Crippen molar-refractivity contribution < 1.29 is 17.2 Å². The Bertz CT molecular complexity index is 1450. The van der Waals surface area contributed by atoms with Crippen molar-refractivity contribution in [2.45, 2.75) is 4.90 Å². The largest absolute Gasteiger partial charge is 0.384 e. The topological polar surface area (TPSA) is 85.1 Å². The van der Waals surface area contributed by atoms with Crippen molar-refractivity contribution >= 4 is 55.6 Å². The van der Waals surface area contributed by atoms with Crippen LogP contribution in [0.25, 0.3) is 22.0 Å². The summed E-state index contributed by atoms with van der Waals surface area (Å²) in [7, 11) is -4.29. The van der Waals surface area contributed by atoms with Crippen LogP contribution in [-0.2, 0) is 10.0 Å². The van der Waals surface area contributed by atoms with E-state index in [0.29, 0.717) is 16.7 Å². The lowest BCUT2D eigenvalue weighted by molar-refractivity contribution is 0.588. The Labute approximate surface area is 186 Å². The lowest BCUT2D eigenvalue weighted by Crippen LogP contribution is -2.15. The lowest BCUT2D eigenvalue weighted by Gasteiger charge is -2.14. The van der Waals surface area contributed by atoms with E-state index < -0.39 is 32.9 Å². The first-order valence-electron chi connectivity index (χ1n) is 8.78. The molecule has 0 fully saturated rings. The van der Waals surface area contributed by atoms with Gasteiger partial charge in [0.2, 0.25) is 0 Å². The van der Waals surface area contributed by atoms with Crippen molar-refractivity contribution in [3.63, 3.8) is 0 Å². The number of anilines is 2. The molecule has 0 aliphatic rings. The zero-order valence-corrected chi connectivity index (χ0v) is 17.9. The van der Waals surface area contributed by atoms with E-state index in [-0.39, 0.29) is 20.5 Å². The van der Waals surface area contributed by atoms with Crippen LogP contribution in [-0.4, -0.2) is 13.4 Å². The number of nitrogens with two attached hydrogens (primary N) is 1. The summed E-state index contributed by atoms with van der Waals surface area (Å²) in [5, 5.41) is 0.651. The molecule has 3 aromatic carbocycles. The second-order valence-corrected chi connectivity index (χ2v) is 9.10. The van der Waals surface area contributed by atoms with Gasteiger partial charge in [0.25, 0.3) is 10.0 Å². The highest BCUT2D eigenvalue weighted by Gasteiger charge is 2.23. The second-order valence-electron chi connectivity index (χ2n) is 6.61. The summed E-state index contributed by atoms with van der Waals surface area (Å²) in [6.45, 7) is 0. The van der Waals surface area contributed by atoms with E-state index in [1.165, 1.54) is 24.3 Å². The van der Waals surface area contributed by atoms with Gasteiger partial charge in [0.1, 0.15) is 16.5 Å². The van der Waals surface area contributed by atoms with Crippen LogP contribution in [0.3, 0.4) is 0 Å². The number of nitrogen functional groups attached to an aromatic ring is 1. The molecule has 0 saturated carbocycles. The Morgan fingerprint density at radius 2 is 1.71 bits per heavy atom. The minimum absolute atomic E-state index is 0.0963. The van der Waals surface area contributed by atoms with Crippen molar-refractivity contribution in [3.8, 4) is 11.1 Å². The van der Waals surface area contributed by atoms with E-state index in [1.54, 1.807) is 18.2 Å². The van der Waals surface area contributed by atoms with Crippen molar-refractivity contribution in [3.05, 3.63) is 82.3 Å². The molecule has 3 N–H and O–H groups in total. The highest BCUT2D eigenvalue weighted by molar-refractivity contribution is 7.92. The molecule has 1 heterocycles. The van der Waals surface area contributed by atoms with Crippen LogP contribution in [0.2, 0.25) is 10.0 Å². The molecule has 0 amide bonds. The molecule has 5 nitrogen and oxygen atoms in total. The molecule has 1 aromatic heterocycles. The van der Waals surface area contributed by atoms with Gasteiger partial charge >= 0.3 is 0 Å². The average Bonchev–Trinajstić information content (AvgIpc) is 2.72. The molecule has 4 aromatic rings. The summed E-state index contributed by atoms with van der Waals surface area (Å²) < 4.78 is 57.4. The Hall–Kier alpha value is -2.94. The maximum absolute atomic E-state index is 15.2. The number of sulfonamides is 1. The molecule has 0 aliphatic heterocycles. The van der Waals surface area contributed by atoms with E-state index in [2.05, 4.69) is 9.71 Å². The third-order valence-electron chi connectivity index (χ3n) is 4.52. The van der Waals surface area contributed by atoms with Gasteiger partial charge in [-0.05, 0) is 60.2 Å². The number of fused-ring (bicyclic) bond motifs is 1. The number of aromatic nitrogens is 1. The molecule has 0 saturated heterocycles. The fourth-order valence-corrected chi connectivity index (χ4v) is 4.90. The van der Waals surface area contributed by atoms with Gasteiger partial charge in [-0.2, -0.15) is 0 Å². The Morgan fingerprint density at radius 3 is 2.48 bits per heavy atom. The van der Waals surface area contributed by atoms with E-state index >= 15 is 4.39 Å². The molecular formula is C21H13Cl2F2N3O2S. The predicted molar refractivity (Wildman–Crippen MR) is 119 cm³/mol. The average molecular weight is 480 g/mol. The third-order valence-corrected chi connectivity index (χ3v) is 6.60. The number of pyridine rings is 1. The number of hydrogen-bond acceptors (Lipinski definition) is 4. The molecular weight excluding hydrogens is 467 g/mol. The summed E-state index contributed by atoms with van der Waals surface area (Å²) in [6, 6.07) is 13.6. The first-order chi connectivity index (χ1) is 14.7. The predicted octanol–water partition coefficient (Wildman–Crippen LogP) is 5.87. The second kappa shape index (κ2) is 7.96.